The number of hydrogen-bond acceptors (Lipinski definition) is 7. The Morgan fingerprint density at radius 1 is 1.07 bits per heavy atom. The lowest BCUT2D eigenvalue weighted by Gasteiger charge is -2.35. The molecular formula is C30H30FN5O5. The van der Waals surface area contributed by atoms with Crippen molar-refractivity contribution in [3.63, 3.8) is 0 Å². The summed E-state index contributed by atoms with van der Waals surface area (Å²) in [7, 11) is 0. The number of carbonyl (C=O) groups is 2. The molecule has 5 aromatic rings. The molecule has 0 radical (unpaired) electrons. The molecule has 1 unspecified atom stereocenters. The van der Waals surface area contributed by atoms with Gasteiger partial charge in [-0.2, -0.15) is 0 Å². The smallest absolute Gasteiger partial charge is 0.297 e. The summed E-state index contributed by atoms with van der Waals surface area (Å²) in [6.07, 6.45) is 0. The maximum atomic E-state index is 14.2. The third-order valence-electron chi connectivity index (χ3n) is 6.95. The van der Waals surface area contributed by atoms with Crippen molar-refractivity contribution in [1.29, 1.82) is 0 Å². The summed E-state index contributed by atoms with van der Waals surface area (Å²) in [5, 5.41) is 0.331. The van der Waals surface area contributed by atoms with E-state index in [2.05, 4.69) is 0 Å². The Labute approximate surface area is 234 Å². The molecule has 5 rings (SSSR count). The summed E-state index contributed by atoms with van der Waals surface area (Å²) in [5.41, 5.74) is 12.6. The van der Waals surface area contributed by atoms with E-state index >= 15 is 0 Å². The summed E-state index contributed by atoms with van der Waals surface area (Å²) in [5.74, 6) is -1.36. The molecule has 4 N–H and O–H groups in total. The fourth-order valence-electron chi connectivity index (χ4n) is 5.01. The highest BCUT2D eigenvalue weighted by Gasteiger charge is 2.33. The predicted molar refractivity (Wildman–Crippen MR) is 151 cm³/mol. The molecule has 41 heavy (non-hydrogen) atoms. The third kappa shape index (κ3) is 5.23. The van der Waals surface area contributed by atoms with Crippen LogP contribution in [0.2, 0.25) is 0 Å². The van der Waals surface area contributed by atoms with Gasteiger partial charge in [0.15, 0.2) is 5.76 Å². The van der Waals surface area contributed by atoms with Gasteiger partial charge in [0.1, 0.15) is 28.5 Å². The van der Waals surface area contributed by atoms with Crippen LogP contribution < -0.4 is 17.0 Å². The molecule has 2 amide bonds. The Kier molecular flexibility index (Phi) is 7.46. The molecule has 212 valence electrons. The van der Waals surface area contributed by atoms with Crippen LogP contribution in [0.1, 0.15) is 58.0 Å². The van der Waals surface area contributed by atoms with E-state index in [0.29, 0.717) is 16.5 Å². The molecule has 3 heterocycles. The second-order valence-electron chi connectivity index (χ2n) is 10.3. The van der Waals surface area contributed by atoms with Crippen LogP contribution in [0, 0.1) is 18.7 Å². The Bertz CT molecular complexity index is 1820. The maximum absolute atomic E-state index is 14.2. The first-order valence-electron chi connectivity index (χ1n) is 13.2. The number of benzene rings is 2. The molecule has 0 aliphatic rings. The van der Waals surface area contributed by atoms with Gasteiger partial charge in [0.25, 0.3) is 17.4 Å². The van der Waals surface area contributed by atoms with E-state index in [9.17, 15) is 18.8 Å². The molecule has 0 fully saturated rings. The molecule has 3 aromatic heterocycles. The molecule has 0 spiro atoms. The first kappa shape index (κ1) is 27.8. The minimum Gasteiger partial charge on any atom is -0.454 e. The quantitative estimate of drug-likeness (QED) is 0.276. The van der Waals surface area contributed by atoms with E-state index in [0.717, 1.165) is 5.56 Å². The van der Waals surface area contributed by atoms with E-state index < -0.39 is 23.3 Å². The molecule has 2 aromatic carbocycles. The lowest BCUT2D eigenvalue weighted by molar-refractivity contribution is 0.0612. The molecule has 0 saturated heterocycles. The van der Waals surface area contributed by atoms with E-state index in [-0.39, 0.29) is 59.9 Å². The zero-order valence-corrected chi connectivity index (χ0v) is 22.9. The minimum atomic E-state index is -0.755. The summed E-state index contributed by atoms with van der Waals surface area (Å²) < 4.78 is 27.0. The van der Waals surface area contributed by atoms with Crippen LogP contribution in [-0.2, 0) is 6.54 Å². The number of nitrogens with two attached hydrogens (primary N) is 2. The van der Waals surface area contributed by atoms with Gasteiger partial charge >= 0.3 is 0 Å². The molecule has 11 heteroatoms. The highest BCUT2D eigenvalue weighted by molar-refractivity contribution is 6.02. The van der Waals surface area contributed by atoms with E-state index in [1.54, 1.807) is 17.0 Å². The van der Waals surface area contributed by atoms with Gasteiger partial charge < -0.3 is 25.2 Å². The first-order valence-corrected chi connectivity index (χ1v) is 13.2. The number of amides is 2. The van der Waals surface area contributed by atoms with Crippen LogP contribution in [0.3, 0.4) is 0 Å². The van der Waals surface area contributed by atoms with Crippen LogP contribution in [0.25, 0.3) is 22.1 Å². The Balaban J connectivity index is 1.76. The summed E-state index contributed by atoms with van der Waals surface area (Å²) in [6.45, 7) is 5.94. The van der Waals surface area contributed by atoms with E-state index in [4.69, 9.17) is 25.3 Å². The second-order valence-corrected chi connectivity index (χ2v) is 10.3. The topological polar surface area (TPSA) is 151 Å². The van der Waals surface area contributed by atoms with Crippen LogP contribution >= 0.6 is 0 Å². The summed E-state index contributed by atoms with van der Waals surface area (Å²) >= 11 is 0. The number of primary amides is 1. The second kappa shape index (κ2) is 11.0. The van der Waals surface area contributed by atoms with Gasteiger partial charge in [0.2, 0.25) is 5.58 Å². The molecule has 1 atom stereocenters. The average Bonchev–Trinajstić information content (AvgIpc) is 3.55. The normalized spacial score (nSPS) is 12.3. The fourth-order valence-corrected chi connectivity index (χ4v) is 5.01. The van der Waals surface area contributed by atoms with Crippen molar-refractivity contribution < 1.29 is 22.8 Å². The van der Waals surface area contributed by atoms with Crippen molar-refractivity contribution in [2.45, 2.75) is 33.4 Å². The van der Waals surface area contributed by atoms with Gasteiger partial charge in [-0.05, 0) is 55.3 Å². The Morgan fingerprint density at radius 3 is 2.44 bits per heavy atom. The lowest BCUT2D eigenvalue weighted by Crippen LogP contribution is -2.43. The van der Waals surface area contributed by atoms with Gasteiger partial charge in [-0.1, -0.05) is 31.5 Å². The highest BCUT2D eigenvalue weighted by atomic mass is 19.1. The van der Waals surface area contributed by atoms with Crippen molar-refractivity contribution >= 4 is 33.9 Å². The molecular weight excluding hydrogens is 529 g/mol. The van der Waals surface area contributed by atoms with Crippen LogP contribution in [0.4, 0.5) is 4.39 Å². The monoisotopic (exact) mass is 559 g/mol. The SMILES string of the molecule is Cc1ccc(C(=O)N(CCN)C(c2nc3c(oc4ccc(F)cc43)c(=O)n2Cc2ccc(C(N)=O)o2)C(C)C)cc1. The number of aryl methyl sites for hydroxylation is 1. The number of halogens is 1. The number of nitrogens with zero attached hydrogens (tertiary/aromatic N) is 3. The number of aromatic nitrogens is 2. The summed E-state index contributed by atoms with van der Waals surface area (Å²) in [6, 6.07) is 13.3. The van der Waals surface area contributed by atoms with Crippen molar-refractivity contribution in [3.05, 3.63) is 99.2 Å². The largest absolute Gasteiger partial charge is 0.454 e. The van der Waals surface area contributed by atoms with Gasteiger partial charge in [-0.25, -0.2) is 9.37 Å². The lowest BCUT2D eigenvalue weighted by atomic mass is 9.99. The Hall–Kier alpha value is -4.77. The van der Waals surface area contributed by atoms with Crippen LogP contribution in [0.15, 0.2) is 68.2 Å². The predicted octanol–water partition coefficient (Wildman–Crippen LogP) is 4.13. The molecule has 0 bridgehead atoms. The van der Waals surface area contributed by atoms with Gasteiger partial charge in [-0.15, -0.1) is 0 Å². The maximum Gasteiger partial charge on any atom is 0.297 e. The molecule has 0 aliphatic heterocycles. The van der Waals surface area contributed by atoms with Gasteiger partial charge in [0.05, 0.1) is 12.6 Å². The molecule has 0 aliphatic carbocycles. The van der Waals surface area contributed by atoms with Crippen molar-refractivity contribution in [1.82, 2.24) is 14.5 Å². The molecule has 0 saturated carbocycles. The number of rotatable bonds is 9. The van der Waals surface area contributed by atoms with Crippen molar-refractivity contribution in [3.8, 4) is 0 Å². The third-order valence-corrected chi connectivity index (χ3v) is 6.95. The Morgan fingerprint density at radius 2 is 1.80 bits per heavy atom. The zero-order chi connectivity index (χ0) is 29.4. The average molecular weight is 560 g/mol. The number of hydrogen-bond donors (Lipinski definition) is 2. The zero-order valence-electron chi connectivity index (χ0n) is 22.9. The minimum absolute atomic E-state index is 0.0671. The standard InChI is InChI=1S/C30H30FN5O5/c1-16(2)25(35(13-12-32)29(38)18-6-4-17(3)5-7-18)28-34-24-21-14-19(31)8-10-22(21)41-26(24)30(39)36(28)15-20-9-11-23(40-20)27(33)37/h4-11,14,16,25H,12-13,15,32H2,1-3H3,(H2,33,37). The van der Waals surface area contributed by atoms with Crippen molar-refractivity contribution in [2.75, 3.05) is 13.1 Å². The summed E-state index contributed by atoms with van der Waals surface area (Å²) in [4.78, 5) is 46.0. The number of carbonyl (C=O) groups excluding carboxylic acids is 2. The van der Waals surface area contributed by atoms with E-state index in [1.807, 2.05) is 32.9 Å². The number of fused-ring (bicyclic) bond motifs is 3. The highest BCUT2D eigenvalue weighted by Crippen LogP contribution is 2.32. The fraction of sp³-hybridized carbons (Fsp3) is 0.267. The van der Waals surface area contributed by atoms with Crippen molar-refractivity contribution in [2.24, 2.45) is 17.4 Å². The first-order chi connectivity index (χ1) is 19.6. The van der Waals surface area contributed by atoms with Crippen LogP contribution in [-0.4, -0.2) is 39.4 Å². The molecule has 10 nitrogen and oxygen atoms in total. The number of furan rings is 2. The van der Waals surface area contributed by atoms with E-state index in [1.165, 1.54) is 34.9 Å². The van der Waals surface area contributed by atoms with Gasteiger partial charge in [0, 0.05) is 24.0 Å². The van der Waals surface area contributed by atoms with Crippen LogP contribution in [0.5, 0.6) is 0 Å². The van der Waals surface area contributed by atoms with Gasteiger partial charge in [-0.3, -0.25) is 19.0 Å².